The van der Waals surface area contributed by atoms with Crippen molar-refractivity contribution in [3.8, 4) is 0 Å². The minimum atomic E-state index is 0.403. The minimum Gasteiger partial charge on any atom is -0.327 e. The molecular weight excluding hydrogens is 86.1 g/mol. The Labute approximate surface area is 44.9 Å². The molecule has 0 spiro atoms. The molecular formula is C6H12N. The van der Waals surface area contributed by atoms with E-state index < -0.39 is 0 Å². The summed E-state index contributed by atoms with van der Waals surface area (Å²) in [6, 6.07) is 0.403. The van der Waals surface area contributed by atoms with E-state index in [1.54, 1.807) is 0 Å². The van der Waals surface area contributed by atoms with Gasteiger partial charge in [-0.2, -0.15) is 0 Å². The maximum atomic E-state index is 5.62. The summed E-state index contributed by atoms with van der Waals surface area (Å²) >= 11 is 0. The van der Waals surface area contributed by atoms with Crippen molar-refractivity contribution in [2.75, 3.05) is 0 Å². The molecule has 1 nitrogen and oxygen atoms in total. The van der Waals surface area contributed by atoms with Crippen molar-refractivity contribution in [3.63, 3.8) is 0 Å². The number of hydrogen-bond donors (Lipinski definition) is 1. The zero-order chi connectivity index (χ0) is 5.28. The van der Waals surface area contributed by atoms with Crippen LogP contribution in [0.1, 0.15) is 19.3 Å². The van der Waals surface area contributed by atoms with E-state index in [9.17, 15) is 0 Å². The molecule has 1 aliphatic rings. The lowest BCUT2D eigenvalue weighted by molar-refractivity contribution is 0.601. The predicted molar refractivity (Wildman–Crippen MR) is 30.7 cm³/mol. The molecule has 2 N–H and O–H groups in total. The molecule has 0 saturated heterocycles. The van der Waals surface area contributed by atoms with E-state index in [-0.39, 0.29) is 0 Å². The highest BCUT2D eigenvalue weighted by molar-refractivity contribution is 4.83. The Morgan fingerprint density at radius 2 is 2.29 bits per heavy atom. The van der Waals surface area contributed by atoms with Crippen LogP contribution in [0.25, 0.3) is 0 Å². The lowest BCUT2D eigenvalue weighted by Crippen LogP contribution is -2.20. The fourth-order valence-electron chi connectivity index (χ4n) is 0.760. The van der Waals surface area contributed by atoms with Crippen molar-refractivity contribution in [2.24, 2.45) is 11.7 Å². The van der Waals surface area contributed by atoms with Crippen LogP contribution in [0, 0.1) is 12.8 Å². The highest BCUT2D eigenvalue weighted by Crippen LogP contribution is 2.32. The predicted octanol–water partition coefficient (Wildman–Crippen LogP) is 0.948. The maximum absolute atomic E-state index is 5.62. The van der Waals surface area contributed by atoms with Crippen LogP contribution in [0.3, 0.4) is 0 Å². The summed E-state index contributed by atoms with van der Waals surface area (Å²) in [6.07, 6.45) is 3.60. The molecule has 0 heterocycles. The standard InChI is InChI=1S/C6H12N/c1-2-6(7)5-3-4-5/h5-6H,1-4,7H2. The van der Waals surface area contributed by atoms with Gasteiger partial charge in [0.05, 0.1) is 0 Å². The van der Waals surface area contributed by atoms with Gasteiger partial charge in [0.2, 0.25) is 0 Å². The fourth-order valence-corrected chi connectivity index (χ4v) is 0.760. The summed E-state index contributed by atoms with van der Waals surface area (Å²) in [5, 5.41) is 0. The highest BCUT2D eigenvalue weighted by Gasteiger charge is 2.26. The Morgan fingerprint density at radius 3 is 2.43 bits per heavy atom. The van der Waals surface area contributed by atoms with Crippen molar-refractivity contribution in [2.45, 2.75) is 25.3 Å². The van der Waals surface area contributed by atoms with Gasteiger partial charge in [-0.15, -0.1) is 0 Å². The van der Waals surface area contributed by atoms with E-state index in [1.807, 2.05) is 0 Å². The van der Waals surface area contributed by atoms with Crippen LogP contribution in [0.4, 0.5) is 0 Å². The van der Waals surface area contributed by atoms with Gasteiger partial charge in [-0.05, 0) is 25.2 Å². The first-order valence-corrected chi connectivity index (χ1v) is 2.89. The van der Waals surface area contributed by atoms with Crippen molar-refractivity contribution >= 4 is 0 Å². The van der Waals surface area contributed by atoms with Crippen LogP contribution in [0.2, 0.25) is 0 Å². The Bertz CT molecular complexity index is 57.2. The monoisotopic (exact) mass is 98.1 g/mol. The van der Waals surface area contributed by atoms with Crippen LogP contribution >= 0.6 is 0 Å². The average Bonchev–Trinajstić information content (AvgIpc) is 2.44. The summed E-state index contributed by atoms with van der Waals surface area (Å²) in [6.45, 7) is 3.72. The van der Waals surface area contributed by atoms with E-state index in [1.165, 1.54) is 12.8 Å². The summed E-state index contributed by atoms with van der Waals surface area (Å²) < 4.78 is 0. The highest BCUT2D eigenvalue weighted by atomic mass is 14.7. The van der Waals surface area contributed by atoms with Gasteiger partial charge < -0.3 is 5.73 Å². The Balaban J connectivity index is 2.10. The van der Waals surface area contributed by atoms with E-state index in [0.29, 0.717) is 6.04 Å². The number of nitrogens with two attached hydrogens (primary N) is 1. The first-order valence-electron chi connectivity index (χ1n) is 2.89. The van der Waals surface area contributed by atoms with E-state index in [0.717, 1.165) is 12.3 Å². The molecule has 1 fully saturated rings. The second kappa shape index (κ2) is 1.83. The summed E-state index contributed by atoms with van der Waals surface area (Å²) in [7, 11) is 0. The zero-order valence-electron chi connectivity index (χ0n) is 4.56. The largest absolute Gasteiger partial charge is 0.327 e. The maximum Gasteiger partial charge on any atom is 0.00671 e. The normalized spacial score (nSPS) is 24.9. The van der Waals surface area contributed by atoms with E-state index in [2.05, 4.69) is 6.92 Å². The van der Waals surface area contributed by atoms with Gasteiger partial charge in [-0.1, -0.05) is 6.92 Å². The van der Waals surface area contributed by atoms with Crippen molar-refractivity contribution in [1.29, 1.82) is 0 Å². The van der Waals surface area contributed by atoms with Crippen molar-refractivity contribution < 1.29 is 0 Å². The second-order valence-electron chi connectivity index (χ2n) is 2.29. The van der Waals surface area contributed by atoms with Gasteiger partial charge in [0.1, 0.15) is 0 Å². The molecule has 1 rings (SSSR count). The van der Waals surface area contributed by atoms with E-state index >= 15 is 0 Å². The van der Waals surface area contributed by atoms with Crippen molar-refractivity contribution in [3.05, 3.63) is 6.92 Å². The third-order valence-electron chi connectivity index (χ3n) is 1.56. The Kier molecular flexibility index (Phi) is 1.33. The molecule has 7 heavy (non-hydrogen) atoms. The molecule has 1 radical (unpaired) electrons. The summed E-state index contributed by atoms with van der Waals surface area (Å²) in [5.41, 5.74) is 5.62. The third-order valence-corrected chi connectivity index (χ3v) is 1.56. The van der Waals surface area contributed by atoms with Crippen LogP contribution in [-0.2, 0) is 0 Å². The molecule has 0 bridgehead atoms. The summed E-state index contributed by atoms with van der Waals surface area (Å²) in [5.74, 6) is 0.831. The van der Waals surface area contributed by atoms with Gasteiger partial charge in [-0.3, -0.25) is 0 Å². The first-order chi connectivity index (χ1) is 3.34. The van der Waals surface area contributed by atoms with Crippen LogP contribution < -0.4 is 5.73 Å². The Hall–Kier alpha value is -0.0400. The van der Waals surface area contributed by atoms with E-state index in [4.69, 9.17) is 5.73 Å². The minimum absolute atomic E-state index is 0.403. The van der Waals surface area contributed by atoms with Gasteiger partial charge in [-0.25, -0.2) is 0 Å². The topological polar surface area (TPSA) is 26.0 Å². The third kappa shape index (κ3) is 1.16. The van der Waals surface area contributed by atoms with Gasteiger partial charge >= 0.3 is 0 Å². The van der Waals surface area contributed by atoms with Gasteiger partial charge in [0.15, 0.2) is 0 Å². The number of rotatable bonds is 2. The quantitative estimate of drug-likeness (QED) is 0.546. The molecule has 1 saturated carbocycles. The zero-order valence-corrected chi connectivity index (χ0v) is 4.56. The van der Waals surface area contributed by atoms with Gasteiger partial charge in [0.25, 0.3) is 0 Å². The molecule has 1 heteroatoms. The van der Waals surface area contributed by atoms with Crippen molar-refractivity contribution in [1.82, 2.24) is 0 Å². The average molecular weight is 98.2 g/mol. The van der Waals surface area contributed by atoms with Crippen LogP contribution in [0.5, 0.6) is 0 Å². The molecule has 0 aromatic heterocycles. The Morgan fingerprint density at radius 1 is 1.71 bits per heavy atom. The molecule has 0 amide bonds. The fraction of sp³-hybridized carbons (Fsp3) is 0.833. The molecule has 0 aliphatic heterocycles. The second-order valence-corrected chi connectivity index (χ2v) is 2.29. The lowest BCUT2D eigenvalue weighted by Gasteiger charge is -2.02. The van der Waals surface area contributed by atoms with Gasteiger partial charge in [0, 0.05) is 6.04 Å². The number of hydrogen-bond acceptors (Lipinski definition) is 1. The molecule has 1 atom stereocenters. The molecule has 1 unspecified atom stereocenters. The molecule has 41 valence electrons. The molecule has 0 aromatic rings. The smallest absolute Gasteiger partial charge is 0.00671 e. The SMILES string of the molecule is [CH2]CC(N)C1CC1. The first kappa shape index (κ1) is 5.10. The van der Waals surface area contributed by atoms with Crippen LogP contribution in [0.15, 0.2) is 0 Å². The molecule has 0 aromatic carbocycles. The van der Waals surface area contributed by atoms with Crippen LogP contribution in [-0.4, -0.2) is 6.04 Å². The molecule has 1 aliphatic carbocycles. The summed E-state index contributed by atoms with van der Waals surface area (Å²) in [4.78, 5) is 0. The lowest BCUT2D eigenvalue weighted by atomic mass is 10.1.